The molecule has 1 saturated carbocycles. The average molecular weight is 658 g/mol. The number of hydrogen-bond acceptors (Lipinski definition) is 8. The van der Waals surface area contributed by atoms with Gasteiger partial charge in [-0.3, -0.25) is 14.5 Å². The minimum atomic E-state index is -0.832. The number of piperazine rings is 1. The molecule has 2 heterocycles. The van der Waals surface area contributed by atoms with E-state index in [2.05, 4.69) is 5.32 Å². The minimum Gasteiger partial charge on any atom is -0.497 e. The maximum Gasteiger partial charge on any atom is 0.327 e. The summed E-state index contributed by atoms with van der Waals surface area (Å²) in [4.78, 5) is 50.0. The number of rotatable bonds is 8. The predicted octanol–water partition coefficient (Wildman–Crippen LogP) is 4.26. The van der Waals surface area contributed by atoms with Gasteiger partial charge in [-0.05, 0) is 68.3 Å². The fourth-order valence-electron chi connectivity index (χ4n) is 6.64. The minimum absolute atomic E-state index is 0.0625. The summed E-state index contributed by atoms with van der Waals surface area (Å²) in [5, 5.41) is 5.15. The van der Waals surface area contributed by atoms with Gasteiger partial charge in [0.2, 0.25) is 5.91 Å². The molecule has 2 fully saturated rings. The second-order valence-electron chi connectivity index (χ2n) is 12.1. The Morgan fingerprint density at radius 1 is 1.00 bits per heavy atom. The second kappa shape index (κ2) is 13.9. The molecule has 0 bridgehead atoms. The third-order valence-electron chi connectivity index (χ3n) is 9.24. The SMILES string of the molecule is COc1ccc(N(C(=O)Nc2ccc(F)cc2)C(C)c2nc3ccccc3c(=O)n2N2CCN(C(=O)C3CCCC3N)CC2)c(OC)c1. The van der Waals surface area contributed by atoms with Gasteiger partial charge < -0.3 is 30.4 Å². The molecule has 1 aliphatic heterocycles. The van der Waals surface area contributed by atoms with Crippen LogP contribution in [0.25, 0.3) is 10.9 Å². The Hall–Kier alpha value is -5.17. The van der Waals surface area contributed by atoms with E-state index in [4.69, 9.17) is 20.2 Å². The van der Waals surface area contributed by atoms with Crippen molar-refractivity contribution < 1.29 is 23.5 Å². The quantitative estimate of drug-likeness (QED) is 0.287. The maximum absolute atomic E-state index is 14.3. The Labute approximate surface area is 277 Å². The zero-order chi connectivity index (χ0) is 33.9. The highest BCUT2D eigenvalue weighted by Gasteiger charge is 2.36. The topological polar surface area (TPSA) is 135 Å². The lowest BCUT2D eigenvalue weighted by Crippen LogP contribution is -2.58. The Balaban J connectivity index is 1.41. The van der Waals surface area contributed by atoms with E-state index in [1.807, 2.05) is 9.91 Å². The van der Waals surface area contributed by atoms with Gasteiger partial charge in [0.15, 0.2) is 5.82 Å². The molecule has 12 nitrogen and oxygen atoms in total. The summed E-state index contributed by atoms with van der Waals surface area (Å²) in [7, 11) is 3.02. The van der Waals surface area contributed by atoms with Crippen LogP contribution in [-0.2, 0) is 4.79 Å². The molecule has 3 atom stereocenters. The Morgan fingerprint density at radius 3 is 2.40 bits per heavy atom. The first-order chi connectivity index (χ1) is 23.2. The molecule has 3 unspecified atom stereocenters. The molecule has 3 N–H and O–H groups in total. The van der Waals surface area contributed by atoms with Gasteiger partial charge in [-0.2, -0.15) is 0 Å². The van der Waals surface area contributed by atoms with Crippen LogP contribution in [0.3, 0.4) is 0 Å². The summed E-state index contributed by atoms with van der Waals surface area (Å²) in [6.45, 7) is 3.36. The maximum atomic E-state index is 14.3. The molecule has 3 aromatic carbocycles. The Kier molecular flexibility index (Phi) is 9.49. The largest absolute Gasteiger partial charge is 0.497 e. The predicted molar refractivity (Wildman–Crippen MR) is 182 cm³/mol. The smallest absolute Gasteiger partial charge is 0.327 e. The fourth-order valence-corrected chi connectivity index (χ4v) is 6.64. The van der Waals surface area contributed by atoms with Gasteiger partial charge >= 0.3 is 6.03 Å². The van der Waals surface area contributed by atoms with Gasteiger partial charge in [0.1, 0.15) is 17.3 Å². The Bertz CT molecular complexity index is 1860. The van der Waals surface area contributed by atoms with Crippen LogP contribution in [0.2, 0.25) is 0 Å². The normalized spacial score (nSPS) is 18.4. The molecule has 1 aliphatic carbocycles. The standard InChI is InChI=1S/C35H40FN7O5/c1-22(42(30-16-15-25(47-2)21-31(30)48-3)35(46)38-24-13-11-23(36)12-14-24)32-39-29-10-5-4-7-27(29)34(45)43(32)41-19-17-40(18-20-41)33(44)26-8-6-9-28(26)37/h4-5,7,10-16,21-22,26,28H,6,8-9,17-20,37H2,1-3H3,(H,38,46). The lowest BCUT2D eigenvalue weighted by atomic mass is 10.0. The van der Waals surface area contributed by atoms with E-state index >= 15 is 0 Å². The summed E-state index contributed by atoms with van der Waals surface area (Å²) in [6.07, 6.45) is 2.59. The number of anilines is 2. The lowest BCUT2D eigenvalue weighted by Gasteiger charge is -2.40. The molecule has 4 aromatic rings. The first-order valence-corrected chi connectivity index (χ1v) is 16.1. The van der Waals surface area contributed by atoms with Crippen molar-refractivity contribution in [3.63, 3.8) is 0 Å². The third kappa shape index (κ3) is 6.37. The molecule has 0 radical (unpaired) electrons. The number of nitrogens with two attached hydrogens (primary N) is 1. The third-order valence-corrected chi connectivity index (χ3v) is 9.24. The molecule has 2 aliphatic rings. The highest BCUT2D eigenvalue weighted by atomic mass is 19.1. The molecule has 1 saturated heterocycles. The van der Waals surface area contributed by atoms with Crippen LogP contribution in [0.15, 0.2) is 71.5 Å². The number of nitrogens with one attached hydrogen (secondary N) is 1. The van der Waals surface area contributed by atoms with Crippen molar-refractivity contribution in [1.82, 2.24) is 14.6 Å². The van der Waals surface area contributed by atoms with E-state index in [9.17, 15) is 18.8 Å². The van der Waals surface area contributed by atoms with Crippen molar-refractivity contribution in [3.8, 4) is 11.5 Å². The number of amides is 3. The van der Waals surface area contributed by atoms with Crippen molar-refractivity contribution in [2.75, 3.05) is 55.6 Å². The number of carbonyl (C=O) groups is 2. The van der Waals surface area contributed by atoms with Crippen molar-refractivity contribution >= 4 is 34.2 Å². The van der Waals surface area contributed by atoms with Crippen LogP contribution in [0.1, 0.15) is 38.1 Å². The molecule has 48 heavy (non-hydrogen) atoms. The van der Waals surface area contributed by atoms with Crippen LogP contribution >= 0.6 is 0 Å². The number of carbonyl (C=O) groups excluding carboxylic acids is 2. The van der Waals surface area contributed by atoms with Crippen molar-refractivity contribution in [2.24, 2.45) is 11.7 Å². The summed E-state index contributed by atoms with van der Waals surface area (Å²) < 4.78 is 26.3. The number of para-hydroxylation sites is 1. The molecule has 13 heteroatoms. The molecular weight excluding hydrogens is 617 g/mol. The van der Waals surface area contributed by atoms with Crippen molar-refractivity contribution in [2.45, 2.75) is 38.3 Å². The van der Waals surface area contributed by atoms with Gasteiger partial charge in [-0.25, -0.2) is 18.8 Å². The van der Waals surface area contributed by atoms with E-state index in [0.29, 0.717) is 65.8 Å². The number of methoxy groups -OCH3 is 2. The number of ether oxygens (including phenoxy) is 2. The molecule has 0 spiro atoms. The number of nitrogens with zero attached hydrogens (tertiary/aromatic N) is 5. The van der Waals surface area contributed by atoms with E-state index in [0.717, 1.165) is 19.3 Å². The number of hydrogen-bond donors (Lipinski definition) is 2. The number of halogens is 1. The van der Waals surface area contributed by atoms with Crippen LogP contribution < -0.4 is 36.0 Å². The summed E-state index contributed by atoms with van der Waals surface area (Å²) in [6, 6.07) is 16.0. The molecule has 252 valence electrons. The first kappa shape index (κ1) is 32.8. The Morgan fingerprint density at radius 2 is 1.73 bits per heavy atom. The fraction of sp³-hybridized carbons (Fsp3) is 0.371. The molecular formula is C35H40FN7O5. The highest BCUT2D eigenvalue weighted by Crippen LogP contribution is 2.37. The van der Waals surface area contributed by atoms with E-state index in [-0.39, 0.29) is 23.4 Å². The summed E-state index contributed by atoms with van der Waals surface area (Å²) in [5.41, 5.74) is 7.19. The molecule has 1 aromatic heterocycles. The molecule has 6 rings (SSSR count). The monoisotopic (exact) mass is 657 g/mol. The van der Waals surface area contributed by atoms with Gasteiger partial charge in [0.05, 0.1) is 55.9 Å². The first-order valence-electron chi connectivity index (χ1n) is 16.1. The van der Waals surface area contributed by atoms with E-state index in [1.54, 1.807) is 49.4 Å². The van der Waals surface area contributed by atoms with Crippen LogP contribution in [0, 0.1) is 11.7 Å². The van der Waals surface area contributed by atoms with Gasteiger partial charge in [-0.15, -0.1) is 0 Å². The van der Waals surface area contributed by atoms with Gasteiger partial charge in [-0.1, -0.05) is 18.6 Å². The summed E-state index contributed by atoms with van der Waals surface area (Å²) >= 11 is 0. The number of urea groups is 1. The second-order valence-corrected chi connectivity index (χ2v) is 12.1. The zero-order valence-electron chi connectivity index (χ0n) is 27.3. The van der Waals surface area contributed by atoms with Crippen molar-refractivity contribution in [1.29, 1.82) is 0 Å². The van der Waals surface area contributed by atoms with Gasteiger partial charge in [0.25, 0.3) is 5.56 Å². The van der Waals surface area contributed by atoms with Crippen molar-refractivity contribution in [3.05, 3.63) is 88.7 Å². The number of aromatic nitrogens is 2. The van der Waals surface area contributed by atoms with Crippen LogP contribution in [-0.4, -0.2) is 72.9 Å². The summed E-state index contributed by atoms with van der Waals surface area (Å²) in [5.74, 6) is 0.629. The van der Waals surface area contributed by atoms with Crippen LogP contribution in [0.5, 0.6) is 11.5 Å². The van der Waals surface area contributed by atoms with Gasteiger partial charge in [0, 0.05) is 30.9 Å². The van der Waals surface area contributed by atoms with E-state index in [1.165, 1.54) is 48.1 Å². The van der Waals surface area contributed by atoms with Crippen LogP contribution in [0.4, 0.5) is 20.6 Å². The lowest BCUT2D eigenvalue weighted by molar-refractivity contribution is -0.136. The number of fused-ring (bicyclic) bond motifs is 1. The average Bonchev–Trinajstić information content (AvgIpc) is 3.54. The highest BCUT2D eigenvalue weighted by molar-refractivity contribution is 6.03. The zero-order valence-corrected chi connectivity index (χ0v) is 27.3. The number of benzene rings is 3. The van der Waals surface area contributed by atoms with E-state index < -0.39 is 17.9 Å². The molecule has 3 amide bonds.